The summed E-state index contributed by atoms with van der Waals surface area (Å²) in [6, 6.07) is 0. The zero-order valence-electron chi connectivity index (χ0n) is 11.9. The van der Waals surface area contributed by atoms with E-state index in [9.17, 15) is 0 Å². The van der Waals surface area contributed by atoms with Crippen molar-refractivity contribution in [1.82, 2.24) is 9.97 Å². The Kier molecular flexibility index (Phi) is 5.07. The summed E-state index contributed by atoms with van der Waals surface area (Å²) in [7, 11) is 0. The molecular weight excluding hydrogens is 290 g/mol. The molecule has 4 nitrogen and oxygen atoms in total. The number of ether oxygens (including phenoxy) is 1. The van der Waals surface area contributed by atoms with Crippen molar-refractivity contribution in [3.8, 4) is 0 Å². The lowest BCUT2D eigenvalue weighted by atomic mass is 10.1. The Hall–Kier alpha value is -0.460. The standard InChI is InChI=1S/C14H21N3OS2/c1-2-4-15-13-10-8-18-5-3-11(10)16-14(17-13)12-9-19-6-7-20-12/h12H,2-9H2,1H3,(H,15,16,17). The van der Waals surface area contributed by atoms with Crippen LogP contribution >= 0.6 is 23.5 Å². The van der Waals surface area contributed by atoms with Gasteiger partial charge in [0.05, 0.1) is 24.2 Å². The summed E-state index contributed by atoms with van der Waals surface area (Å²) in [5.41, 5.74) is 2.36. The number of hydrogen-bond acceptors (Lipinski definition) is 6. The van der Waals surface area contributed by atoms with Gasteiger partial charge in [-0.3, -0.25) is 0 Å². The Morgan fingerprint density at radius 2 is 2.30 bits per heavy atom. The lowest BCUT2D eigenvalue weighted by Gasteiger charge is -2.24. The Balaban J connectivity index is 1.89. The van der Waals surface area contributed by atoms with Crippen molar-refractivity contribution in [2.45, 2.75) is 31.6 Å². The summed E-state index contributed by atoms with van der Waals surface area (Å²) < 4.78 is 5.57. The van der Waals surface area contributed by atoms with Crippen molar-refractivity contribution >= 4 is 29.3 Å². The van der Waals surface area contributed by atoms with E-state index in [0.717, 1.165) is 43.4 Å². The molecule has 0 aromatic carbocycles. The minimum Gasteiger partial charge on any atom is -0.376 e. The maximum absolute atomic E-state index is 5.57. The topological polar surface area (TPSA) is 47.0 Å². The van der Waals surface area contributed by atoms with Crippen LogP contribution in [-0.2, 0) is 17.8 Å². The number of hydrogen-bond donors (Lipinski definition) is 1. The van der Waals surface area contributed by atoms with Crippen LogP contribution in [0.2, 0.25) is 0 Å². The second-order valence-electron chi connectivity index (χ2n) is 5.02. The molecule has 2 aliphatic rings. The molecule has 1 aromatic rings. The molecule has 1 N–H and O–H groups in total. The number of aromatic nitrogens is 2. The van der Waals surface area contributed by atoms with Gasteiger partial charge in [-0.25, -0.2) is 9.97 Å². The average Bonchev–Trinajstić information content (AvgIpc) is 2.53. The number of anilines is 1. The largest absolute Gasteiger partial charge is 0.376 e. The van der Waals surface area contributed by atoms with Crippen LogP contribution in [0.1, 0.15) is 35.7 Å². The van der Waals surface area contributed by atoms with Gasteiger partial charge in [-0.15, -0.1) is 11.8 Å². The fourth-order valence-electron chi connectivity index (χ4n) is 2.42. The second kappa shape index (κ2) is 7.00. The van der Waals surface area contributed by atoms with Crippen LogP contribution in [-0.4, -0.2) is 40.4 Å². The molecule has 0 saturated carbocycles. The van der Waals surface area contributed by atoms with Crippen LogP contribution in [0.25, 0.3) is 0 Å². The zero-order valence-corrected chi connectivity index (χ0v) is 13.5. The second-order valence-corrected chi connectivity index (χ2v) is 7.48. The van der Waals surface area contributed by atoms with Crippen LogP contribution < -0.4 is 5.32 Å². The van der Waals surface area contributed by atoms with Crippen molar-refractivity contribution in [3.05, 3.63) is 17.1 Å². The van der Waals surface area contributed by atoms with Gasteiger partial charge in [0.15, 0.2) is 0 Å². The molecule has 6 heteroatoms. The van der Waals surface area contributed by atoms with E-state index < -0.39 is 0 Å². The van der Waals surface area contributed by atoms with E-state index in [1.54, 1.807) is 0 Å². The molecule has 2 aliphatic heterocycles. The van der Waals surface area contributed by atoms with Crippen molar-refractivity contribution in [2.75, 3.05) is 35.7 Å². The van der Waals surface area contributed by atoms with Gasteiger partial charge in [0, 0.05) is 35.8 Å². The third kappa shape index (κ3) is 3.23. The first-order chi connectivity index (χ1) is 9.88. The van der Waals surface area contributed by atoms with Gasteiger partial charge < -0.3 is 10.1 Å². The van der Waals surface area contributed by atoms with Crippen LogP contribution in [0.5, 0.6) is 0 Å². The molecule has 0 spiro atoms. The maximum Gasteiger partial charge on any atom is 0.144 e. The number of nitrogens with one attached hydrogen (secondary N) is 1. The van der Waals surface area contributed by atoms with Crippen molar-refractivity contribution < 1.29 is 4.74 Å². The van der Waals surface area contributed by atoms with Gasteiger partial charge >= 0.3 is 0 Å². The maximum atomic E-state index is 5.57. The van der Waals surface area contributed by atoms with E-state index in [1.165, 1.54) is 22.8 Å². The molecule has 1 atom stereocenters. The fraction of sp³-hybridized carbons (Fsp3) is 0.714. The van der Waals surface area contributed by atoms with E-state index in [2.05, 4.69) is 12.2 Å². The summed E-state index contributed by atoms with van der Waals surface area (Å²) in [5.74, 6) is 5.61. The third-order valence-corrected chi connectivity index (χ3v) is 6.24. The number of fused-ring (bicyclic) bond motifs is 1. The van der Waals surface area contributed by atoms with Crippen molar-refractivity contribution in [1.29, 1.82) is 0 Å². The summed E-state index contributed by atoms with van der Waals surface area (Å²) in [6.07, 6.45) is 2.01. The molecule has 0 aliphatic carbocycles. The molecule has 1 aromatic heterocycles. The Bertz CT molecular complexity index is 464. The predicted octanol–water partition coefficient (Wildman–Crippen LogP) is 2.89. The van der Waals surface area contributed by atoms with Gasteiger partial charge in [-0.1, -0.05) is 6.92 Å². The van der Waals surface area contributed by atoms with Crippen LogP contribution in [0, 0.1) is 0 Å². The lowest BCUT2D eigenvalue weighted by molar-refractivity contribution is 0.109. The quantitative estimate of drug-likeness (QED) is 0.922. The number of nitrogens with zero attached hydrogens (tertiary/aromatic N) is 2. The minimum absolute atomic E-state index is 0.448. The van der Waals surface area contributed by atoms with Crippen molar-refractivity contribution in [3.63, 3.8) is 0 Å². The Morgan fingerprint density at radius 3 is 3.10 bits per heavy atom. The summed E-state index contributed by atoms with van der Waals surface area (Å²) in [5, 5.41) is 3.90. The summed E-state index contributed by atoms with van der Waals surface area (Å²) in [4.78, 5) is 9.65. The van der Waals surface area contributed by atoms with Gasteiger partial charge in [-0.2, -0.15) is 11.8 Å². The molecule has 1 unspecified atom stereocenters. The van der Waals surface area contributed by atoms with Gasteiger partial charge in [-0.05, 0) is 6.42 Å². The molecular formula is C14H21N3OS2. The highest BCUT2D eigenvalue weighted by molar-refractivity contribution is 8.06. The zero-order chi connectivity index (χ0) is 13.8. The monoisotopic (exact) mass is 311 g/mol. The first-order valence-corrected chi connectivity index (χ1v) is 9.49. The Morgan fingerprint density at radius 1 is 1.35 bits per heavy atom. The van der Waals surface area contributed by atoms with E-state index in [1.807, 2.05) is 23.5 Å². The predicted molar refractivity (Wildman–Crippen MR) is 86.7 cm³/mol. The van der Waals surface area contributed by atoms with Gasteiger partial charge in [0.25, 0.3) is 0 Å². The first kappa shape index (κ1) is 14.5. The fourth-order valence-corrected chi connectivity index (χ4v) is 5.02. The first-order valence-electron chi connectivity index (χ1n) is 7.29. The van der Waals surface area contributed by atoms with E-state index in [-0.39, 0.29) is 0 Å². The number of thioether (sulfide) groups is 2. The van der Waals surface area contributed by atoms with E-state index in [0.29, 0.717) is 11.9 Å². The SMILES string of the molecule is CCCNc1nc(C2CSCCS2)nc2c1COCC2. The highest BCUT2D eigenvalue weighted by Crippen LogP contribution is 2.36. The molecule has 1 fully saturated rings. The third-order valence-electron chi connectivity index (χ3n) is 3.49. The molecule has 0 radical (unpaired) electrons. The summed E-state index contributed by atoms with van der Waals surface area (Å²) in [6.45, 7) is 4.55. The van der Waals surface area contributed by atoms with E-state index in [4.69, 9.17) is 14.7 Å². The molecule has 20 heavy (non-hydrogen) atoms. The minimum atomic E-state index is 0.448. The highest BCUT2D eigenvalue weighted by Gasteiger charge is 2.24. The summed E-state index contributed by atoms with van der Waals surface area (Å²) >= 11 is 4.01. The van der Waals surface area contributed by atoms with Crippen molar-refractivity contribution in [2.24, 2.45) is 0 Å². The smallest absolute Gasteiger partial charge is 0.144 e. The van der Waals surface area contributed by atoms with E-state index >= 15 is 0 Å². The molecule has 3 heterocycles. The van der Waals surface area contributed by atoms with Gasteiger partial charge in [0.1, 0.15) is 11.6 Å². The lowest BCUT2D eigenvalue weighted by Crippen LogP contribution is -2.20. The molecule has 110 valence electrons. The number of rotatable bonds is 4. The highest BCUT2D eigenvalue weighted by atomic mass is 32.2. The molecule has 0 amide bonds. The molecule has 1 saturated heterocycles. The Labute approximate surface area is 128 Å². The molecule has 0 bridgehead atoms. The van der Waals surface area contributed by atoms with Crippen LogP contribution in [0.4, 0.5) is 5.82 Å². The van der Waals surface area contributed by atoms with Crippen LogP contribution in [0.15, 0.2) is 0 Å². The average molecular weight is 311 g/mol. The van der Waals surface area contributed by atoms with Gasteiger partial charge in [0.2, 0.25) is 0 Å². The normalized spacial score (nSPS) is 22.4. The molecule has 3 rings (SSSR count). The van der Waals surface area contributed by atoms with Crippen LogP contribution in [0.3, 0.4) is 0 Å².